The Morgan fingerprint density at radius 3 is 2.80 bits per heavy atom. The Bertz CT molecular complexity index is 207. The van der Waals surface area contributed by atoms with Crippen LogP contribution in [0.15, 0.2) is 12.1 Å². The molecule has 1 heterocycles. The van der Waals surface area contributed by atoms with Gasteiger partial charge in [0.1, 0.15) is 0 Å². The van der Waals surface area contributed by atoms with Crippen LogP contribution in [0.5, 0.6) is 0 Å². The van der Waals surface area contributed by atoms with Crippen LogP contribution in [-0.4, -0.2) is 5.75 Å². The molecule has 10 heavy (non-hydrogen) atoms. The second-order valence-electron chi connectivity index (χ2n) is 2.24. The molecule has 0 radical (unpaired) electrons. The number of hydrogen-bond donors (Lipinski definition) is 2. The van der Waals surface area contributed by atoms with E-state index in [0.29, 0.717) is 0 Å². The zero-order chi connectivity index (χ0) is 7.56. The van der Waals surface area contributed by atoms with Crippen molar-refractivity contribution in [2.45, 2.75) is 13.0 Å². The fourth-order valence-corrected chi connectivity index (χ4v) is 1.94. The Morgan fingerprint density at radius 2 is 2.40 bits per heavy atom. The average molecular weight is 173 g/mol. The van der Waals surface area contributed by atoms with Crippen LogP contribution in [0.3, 0.4) is 0 Å². The van der Waals surface area contributed by atoms with Gasteiger partial charge in [0, 0.05) is 21.5 Å². The predicted molar refractivity (Wildman–Crippen MR) is 49.8 cm³/mol. The first-order valence-electron chi connectivity index (χ1n) is 3.17. The summed E-state index contributed by atoms with van der Waals surface area (Å²) in [5.74, 6) is 0.722. The zero-order valence-corrected chi connectivity index (χ0v) is 7.58. The van der Waals surface area contributed by atoms with Crippen molar-refractivity contribution in [3.8, 4) is 0 Å². The van der Waals surface area contributed by atoms with Gasteiger partial charge in [0.2, 0.25) is 0 Å². The average Bonchev–Trinajstić information content (AvgIpc) is 2.34. The van der Waals surface area contributed by atoms with E-state index in [2.05, 4.69) is 31.7 Å². The molecule has 1 unspecified atom stereocenters. The smallest absolute Gasteiger partial charge is 0.0479 e. The molecule has 0 bridgehead atoms. The minimum atomic E-state index is 0.113. The van der Waals surface area contributed by atoms with E-state index in [-0.39, 0.29) is 6.04 Å². The Hall–Kier alpha value is 0.01000. The molecular weight excluding hydrogens is 162 g/mol. The summed E-state index contributed by atoms with van der Waals surface area (Å²) in [6.07, 6.45) is 0. The molecule has 0 amide bonds. The maximum absolute atomic E-state index is 5.74. The minimum absolute atomic E-state index is 0.113. The van der Waals surface area contributed by atoms with Gasteiger partial charge in [-0.15, -0.1) is 11.3 Å². The summed E-state index contributed by atoms with van der Waals surface area (Å²) in [7, 11) is 0. The van der Waals surface area contributed by atoms with Crippen LogP contribution in [0.1, 0.15) is 15.8 Å². The normalized spacial score (nSPS) is 13.5. The molecule has 1 aromatic rings. The van der Waals surface area contributed by atoms with Crippen LogP contribution in [0.2, 0.25) is 0 Å². The first-order valence-corrected chi connectivity index (χ1v) is 4.61. The number of rotatable bonds is 2. The molecule has 0 aromatic carbocycles. The number of hydrogen-bond acceptors (Lipinski definition) is 3. The molecule has 1 atom stereocenters. The summed E-state index contributed by atoms with van der Waals surface area (Å²) in [6, 6.07) is 4.27. The fourth-order valence-electron chi connectivity index (χ4n) is 0.743. The highest BCUT2D eigenvalue weighted by atomic mass is 32.1. The minimum Gasteiger partial charge on any atom is -0.323 e. The van der Waals surface area contributed by atoms with Crippen molar-refractivity contribution >= 4 is 24.0 Å². The second-order valence-corrected chi connectivity index (χ2v) is 3.92. The molecule has 1 nitrogen and oxygen atoms in total. The quantitative estimate of drug-likeness (QED) is 0.657. The molecule has 1 aromatic heterocycles. The monoisotopic (exact) mass is 173 g/mol. The van der Waals surface area contributed by atoms with Crippen molar-refractivity contribution in [1.82, 2.24) is 0 Å². The van der Waals surface area contributed by atoms with Crippen molar-refractivity contribution < 1.29 is 0 Å². The molecule has 2 N–H and O–H groups in total. The van der Waals surface area contributed by atoms with Gasteiger partial charge in [-0.2, -0.15) is 12.6 Å². The highest BCUT2D eigenvalue weighted by molar-refractivity contribution is 7.80. The van der Waals surface area contributed by atoms with Crippen molar-refractivity contribution in [3.63, 3.8) is 0 Å². The van der Waals surface area contributed by atoms with Gasteiger partial charge in [-0.05, 0) is 19.1 Å². The zero-order valence-electron chi connectivity index (χ0n) is 5.87. The second kappa shape index (κ2) is 3.42. The van der Waals surface area contributed by atoms with E-state index in [9.17, 15) is 0 Å². The Morgan fingerprint density at radius 1 is 1.70 bits per heavy atom. The summed E-state index contributed by atoms with van der Waals surface area (Å²) in [4.78, 5) is 2.54. The van der Waals surface area contributed by atoms with Crippen LogP contribution in [0.25, 0.3) is 0 Å². The Balaban J connectivity index is 2.74. The topological polar surface area (TPSA) is 26.0 Å². The summed E-state index contributed by atoms with van der Waals surface area (Å²) >= 11 is 5.86. The molecular formula is C7H11NS2. The van der Waals surface area contributed by atoms with Crippen LogP contribution >= 0.6 is 24.0 Å². The number of thiophene rings is 1. The molecule has 0 saturated carbocycles. The van der Waals surface area contributed by atoms with Crippen LogP contribution in [0, 0.1) is 6.92 Å². The van der Waals surface area contributed by atoms with Gasteiger partial charge in [-0.1, -0.05) is 0 Å². The highest BCUT2D eigenvalue weighted by Gasteiger charge is 2.04. The molecule has 0 aliphatic heterocycles. The lowest BCUT2D eigenvalue weighted by atomic mass is 10.3. The lowest BCUT2D eigenvalue weighted by molar-refractivity contribution is 0.855. The maximum atomic E-state index is 5.74. The van der Waals surface area contributed by atoms with Crippen LogP contribution in [-0.2, 0) is 0 Å². The third-order valence-electron chi connectivity index (χ3n) is 1.32. The van der Waals surface area contributed by atoms with Gasteiger partial charge >= 0.3 is 0 Å². The number of aryl methyl sites for hydroxylation is 1. The van der Waals surface area contributed by atoms with E-state index in [1.54, 1.807) is 11.3 Å². The van der Waals surface area contributed by atoms with Gasteiger partial charge < -0.3 is 5.73 Å². The first kappa shape index (κ1) is 8.11. The van der Waals surface area contributed by atoms with E-state index in [1.165, 1.54) is 9.75 Å². The van der Waals surface area contributed by atoms with Gasteiger partial charge in [-0.3, -0.25) is 0 Å². The van der Waals surface area contributed by atoms with Gasteiger partial charge in [-0.25, -0.2) is 0 Å². The Labute approximate surface area is 70.7 Å². The standard InChI is InChI=1S/C7H11NS2/c1-5-2-3-7(10-5)6(8)4-9/h2-3,6,9H,4,8H2,1H3. The van der Waals surface area contributed by atoms with Crippen LogP contribution < -0.4 is 5.73 Å². The summed E-state index contributed by atoms with van der Waals surface area (Å²) in [6.45, 7) is 2.08. The maximum Gasteiger partial charge on any atom is 0.0479 e. The van der Waals surface area contributed by atoms with E-state index >= 15 is 0 Å². The lowest BCUT2D eigenvalue weighted by Crippen LogP contribution is -2.09. The largest absolute Gasteiger partial charge is 0.323 e. The highest BCUT2D eigenvalue weighted by Crippen LogP contribution is 2.21. The lowest BCUT2D eigenvalue weighted by Gasteiger charge is -2.02. The van der Waals surface area contributed by atoms with Gasteiger partial charge in [0.15, 0.2) is 0 Å². The van der Waals surface area contributed by atoms with Crippen molar-refractivity contribution in [1.29, 1.82) is 0 Å². The number of thiol groups is 1. The molecule has 0 saturated heterocycles. The predicted octanol–water partition coefficient (Wildman–Crippen LogP) is 1.99. The van der Waals surface area contributed by atoms with Crippen molar-refractivity contribution in [2.24, 2.45) is 5.73 Å². The third-order valence-corrected chi connectivity index (χ3v) is 2.85. The SMILES string of the molecule is Cc1ccc(C(N)CS)s1. The van der Waals surface area contributed by atoms with Crippen molar-refractivity contribution in [2.75, 3.05) is 5.75 Å². The van der Waals surface area contributed by atoms with Crippen molar-refractivity contribution in [3.05, 3.63) is 21.9 Å². The first-order chi connectivity index (χ1) is 4.74. The molecule has 0 aliphatic carbocycles. The summed E-state index contributed by atoms with van der Waals surface area (Å²) in [5, 5.41) is 0. The molecule has 1 rings (SSSR count). The molecule has 56 valence electrons. The number of nitrogens with two attached hydrogens (primary N) is 1. The van der Waals surface area contributed by atoms with E-state index in [0.717, 1.165) is 5.75 Å². The molecule has 0 spiro atoms. The summed E-state index contributed by atoms with van der Waals surface area (Å²) in [5.41, 5.74) is 5.74. The van der Waals surface area contributed by atoms with Gasteiger partial charge in [0.05, 0.1) is 0 Å². The van der Waals surface area contributed by atoms with E-state index < -0.39 is 0 Å². The third kappa shape index (κ3) is 1.75. The molecule has 3 heteroatoms. The van der Waals surface area contributed by atoms with E-state index in [1.807, 2.05) is 0 Å². The summed E-state index contributed by atoms with van der Waals surface area (Å²) < 4.78 is 0. The van der Waals surface area contributed by atoms with Gasteiger partial charge in [0.25, 0.3) is 0 Å². The molecule has 0 aliphatic rings. The van der Waals surface area contributed by atoms with E-state index in [4.69, 9.17) is 5.73 Å². The fraction of sp³-hybridized carbons (Fsp3) is 0.429. The Kier molecular flexibility index (Phi) is 2.77. The molecule has 0 fully saturated rings. The van der Waals surface area contributed by atoms with Crippen LogP contribution in [0.4, 0.5) is 0 Å².